The zero-order chi connectivity index (χ0) is 9.97. The third-order valence-electron chi connectivity index (χ3n) is 3.30. The van der Waals surface area contributed by atoms with Crippen molar-refractivity contribution in [2.24, 2.45) is 5.92 Å². The highest BCUT2D eigenvalue weighted by Crippen LogP contribution is 2.27. The second kappa shape index (κ2) is 4.04. The number of rotatable bonds is 2. The summed E-state index contributed by atoms with van der Waals surface area (Å²) in [5.74, 6) is 0.454. The Morgan fingerprint density at radius 1 is 1.29 bits per heavy atom. The number of hydrogen-bond acceptors (Lipinski definition) is 1. The first kappa shape index (κ1) is 9.57. The van der Waals surface area contributed by atoms with Gasteiger partial charge in [0, 0.05) is 24.2 Å². The van der Waals surface area contributed by atoms with E-state index in [9.17, 15) is 0 Å². The summed E-state index contributed by atoms with van der Waals surface area (Å²) < 4.78 is 0. The summed E-state index contributed by atoms with van der Waals surface area (Å²) in [5, 5.41) is 0. The molecule has 1 aliphatic heterocycles. The highest BCUT2D eigenvalue weighted by molar-refractivity contribution is 5.27. The lowest BCUT2D eigenvalue weighted by Crippen LogP contribution is -2.37. The Kier molecular flexibility index (Phi) is 2.76. The predicted molar refractivity (Wildman–Crippen MR) is 60.9 cm³/mol. The average molecular weight is 189 g/mol. The van der Waals surface area contributed by atoms with Crippen LogP contribution in [0.3, 0.4) is 0 Å². The Morgan fingerprint density at radius 3 is 2.64 bits per heavy atom. The van der Waals surface area contributed by atoms with Gasteiger partial charge in [-0.2, -0.15) is 0 Å². The summed E-state index contributed by atoms with van der Waals surface area (Å²) in [6.07, 6.45) is 12.7. The number of piperidine rings is 1. The number of nitrogens with zero attached hydrogens (tertiary/aromatic N) is 1. The highest BCUT2D eigenvalue weighted by Gasteiger charge is 2.22. The molecule has 1 heterocycles. The van der Waals surface area contributed by atoms with Gasteiger partial charge in [-0.1, -0.05) is 30.9 Å². The fourth-order valence-corrected chi connectivity index (χ4v) is 2.37. The molecule has 1 saturated heterocycles. The molecule has 2 aliphatic rings. The summed E-state index contributed by atoms with van der Waals surface area (Å²) in [6.45, 7) is 7.74. The Bertz CT molecular complexity index is 263. The van der Waals surface area contributed by atoms with E-state index in [1.165, 1.54) is 31.5 Å². The van der Waals surface area contributed by atoms with Gasteiger partial charge in [-0.25, -0.2) is 0 Å². The van der Waals surface area contributed by atoms with Crippen LogP contribution >= 0.6 is 0 Å². The van der Waals surface area contributed by atoms with E-state index in [0.717, 1.165) is 0 Å². The van der Waals surface area contributed by atoms with E-state index in [1.54, 1.807) is 0 Å². The van der Waals surface area contributed by atoms with Gasteiger partial charge < -0.3 is 4.90 Å². The van der Waals surface area contributed by atoms with Gasteiger partial charge in [0.1, 0.15) is 0 Å². The molecule has 0 N–H and O–H groups in total. The minimum atomic E-state index is 0.454. The van der Waals surface area contributed by atoms with Crippen molar-refractivity contribution in [2.45, 2.75) is 32.2 Å². The van der Waals surface area contributed by atoms with E-state index in [2.05, 4.69) is 42.7 Å². The lowest BCUT2D eigenvalue weighted by Gasteiger charge is -2.38. The first-order valence-corrected chi connectivity index (χ1v) is 5.59. The van der Waals surface area contributed by atoms with Gasteiger partial charge in [0.15, 0.2) is 0 Å². The number of allylic oxidation sites excluding steroid dienone is 3. The van der Waals surface area contributed by atoms with Crippen molar-refractivity contribution < 1.29 is 0 Å². The first-order chi connectivity index (χ1) is 6.79. The molecule has 0 aromatic carbocycles. The zero-order valence-electron chi connectivity index (χ0n) is 8.95. The predicted octanol–water partition coefficient (Wildman–Crippen LogP) is 3.12. The van der Waals surface area contributed by atoms with Gasteiger partial charge in [-0.3, -0.25) is 0 Å². The molecule has 1 heteroatoms. The van der Waals surface area contributed by atoms with Crippen LogP contribution < -0.4 is 0 Å². The molecule has 2 rings (SSSR count). The van der Waals surface area contributed by atoms with Crippen molar-refractivity contribution in [3.63, 3.8) is 0 Å². The molecule has 1 aliphatic carbocycles. The maximum Gasteiger partial charge on any atom is 0.0349 e. The largest absolute Gasteiger partial charge is 0.372 e. The molecule has 76 valence electrons. The molecule has 0 saturated carbocycles. The number of likely N-dealkylation sites (tertiary alicyclic amines) is 1. The smallest absolute Gasteiger partial charge is 0.0349 e. The van der Waals surface area contributed by atoms with Crippen molar-refractivity contribution in [2.75, 3.05) is 6.54 Å². The molecule has 0 aromatic heterocycles. The van der Waals surface area contributed by atoms with Crippen LogP contribution in [0.1, 0.15) is 26.2 Å². The van der Waals surface area contributed by atoms with Crippen molar-refractivity contribution in [1.29, 1.82) is 0 Å². The molecule has 0 spiro atoms. The fraction of sp³-hybridized carbons (Fsp3) is 0.538. The van der Waals surface area contributed by atoms with Gasteiger partial charge in [0.05, 0.1) is 0 Å². The van der Waals surface area contributed by atoms with Crippen molar-refractivity contribution in [1.82, 2.24) is 4.90 Å². The molecule has 1 atom stereocenters. The zero-order valence-corrected chi connectivity index (χ0v) is 8.95. The van der Waals surface area contributed by atoms with Crippen LogP contribution in [0.25, 0.3) is 0 Å². The lowest BCUT2D eigenvalue weighted by atomic mass is 9.99. The van der Waals surface area contributed by atoms with Crippen LogP contribution in [0.2, 0.25) is 0 Å². The van der Waals surface area contributed by atoms with Crippen LogP contribution in [0, 0.1) is 5.92 Å². The standard InChI is InChI=1S/C13H19N/c1-11-7-5-6-10-14(11)12(2)13-8-3-4-9-13/h3-4,8-9,11,13H,2,5-7,10H2,1H3. The molecule has 1 nitrogen and oxygen atoms in total. The Hall–Kier alpha value is -0.980. The van der Waals surface area contributed by atoms with Gasteiger partial charge in [0.2, 0.25) is 0 Å². The van der Waals surface area contributed by atoms with E-state index >= 15 is 0 Å². The third-order valence-corrected chi connectivity index (χ3v) is 3.30. The van der Waals surface area contributed by atoms with Crippen molar-refractivity contribution >= 4 is 0 Å². The summed E-state index contributed by atoms with van der Waals surface area (Å²) in [6, 6.07) is 0.679. The Labute approximate surface area is 86.8 Å². The van der Waals surface area contributed by atoms with Crippen molar-refractivity contribution in [3.05, 3.63) is 36.6 Å². The quantitative estimate of drug-likeness (QED) is 0.645. The highest BCUT2D eigenvalue weighted by atomic mass is 15.2. The summed E-state index contributed by atoms with van der Waals surface area (Å²) >= 11 is 0. The first-order valence-electron chi connectivity index (χ1n) is 5.59. The molecule has 0 aromatic rings. The maximum atomic E-state index is 4.23. The molecule has 0 bridgehead atoms. The molecular formula is C13H19N. The normalized spacial score (nSPS) is 27.2. The second-order valence-electron chi connectivity index (χ2n) is 4.33. The van der Waals surface area contributed by atoms with Crippen molar-refractivity contribution in [3.8, 4) is 0 Å². The summed E-state index contributed by atoms with van der Waals surface area (Å²) in [5.41, 5.74) is 1.28. The maximum absolute atomic E-state index is 4.23. The lowest BCUT2D eigenvalue weighted by molar-refractivity contribution is 0.200. The molecular weight excluding hydrogens is 170 g/mol. The van der Waals surface area contributed by atoms with E-state index < -0.39 is 0 Å². The van der Waals surface area contributed by atoms with Gasteiger partial charge in [-0.05, 0) is 26.2 Å². The topological polar surface area (TPSA) is 3.24 Å². The second-order valence-corrected chi connectivity index (χ2v) is 4.33. The fourth-order valence-electron chi connectivity index (χ4n) is 2.37. The van der Waals surface area contributed by atoms with Gasteiger partial charge >= 0.3 is 0 Å². The molecule has 0 amide bonds. The molecule has 14 heavy (non-hydrogen) atoms. The molecule has 0 radical (unpaired) electrons. The van der Waals surface area contributed by atoms with Crippen LogP contribution in [0.4, 0.5) is 0 Å². The van der Waals surface area contributed by atoms with Gasteiger partial charge in [0.25, 0.3) is 0 Å². The molecule has 1 unspecified atom stereocenters. The van der Waals surface area contributed by atoms with Crippen LogP contribution in [-0.2, 0) is 0 Å². The summed E-state index contributed by atoms with van der Waals surface area (Å²) in [4.78, 5) is 2.48. The van der Waals surface area contributed by atoms with E-state index in [1.807, 2.05) is 0 Å². The van der Waals surface area contributed by atoms with Gasteiger partial charge in [-0.15, -0.1) is 0 Å². The van der Waals surface area contributed by atoms with E-state index in [-0.39, 0.29) is 0 Å². The Morgan fingerprint density at radius 2 is 2.00 bits per heavy atom. The average Bonchev–Trinajstić information content (AvgIpc) is 2.70. The van der Waals surface area contributed by atoms with E-state index in [0.29, 0.717) is 12.0 Å². The minimum Gasteiger partial charge on any atom is -0.372 e. The van der Waals surface area contributed by atoms with Crippen LogP contribution in [0.15, 0.2) is 36.6 Å². The minimum absolute atomic E-state index is 0.454. The number of hydrogen-bond donors (Lipinski definition) is 0. The summed E-state index contributed by atoms with van der Waals surface area (Å²) in [7, 11) is 0. The van der Waals surface area contributed by atoms with E-state index in [4.69, 9.17) is 0 Å². The SMILES string of the molecule is C=C(C1C=CC=C1)N1CCCCC1C. The Balaban J connectivity index is 2.02. The monoisotopic (exact) mass is 189 g/mol. The van der Waals surface area contributed by atoms with Crippen LogP contribution in [0.5, 0.6) is 0 Å². The van der Waals surface area contributed by atoms with Crippen LogP contribution in [-0.4, -0.2) is 17.5 Å². The molecule has 1 fully saturated rings. The third kappa shape index (κ3) is 1.77.